The first-order valence-electron chi connectivity index (χ1n) is 4.52. The Morgan fingerprint density at radius 1 is 1.62 bits per heavy atom. The van der Waals surface area contributed by atoms with Crippen LogP contribution in [0.2, 0.25) is 0 Å². The van der Waals surface area contributed by atoms with Crippen LogP contribution in [0.15, 0.2) is 12.3 Å². The van der Waals surface area contributed by atoms with Gasteiger partial charge in [0.25, 0.3) is 0 Å². The molecule has 1 saturated carbocycles. The molecule has 4 heteroatoms. The van der Waals surface area contributed by atoms with E-state index in [1.54, 1.807) is 16.9 Å². The topological polar surface area (TPSA) is 67.6 Å². The zero-order valence-electron chi connectivity index (χ0n) is 7.35. The van der Waals surface area contributed by atoms with Gasteiger partial charge in [0.15, 0.2) is 0 Å². The normalized spacial score (nSPS) is 27.4. The lowest BCUT2D eigenvalue weighted by atomic mass is 10.2. The quantitative estimate of drug-likeness (QED) is 0.688. The average molecular weight is 176 g/mol. The van der Waals surface area contributed by atoms with Crippen LogP contribution in [-0.2, 0) is 0 Å². The Bertz CT molecular complexity index is 336. The lowest BCUT2D eigenvalue weighted by Gasteiger charge is -2.16. The van der Waals surface area contributed by atoms with Gasteiger partial charge in [0, 0.05) is 6.04 Å². The fraction of sp³-hybridized carbons (Fsp3) is 0.556. The molecule has 0 radical (unpaired) electrons. The van der Waals surface area contributed by atoms with E-state index in [1.165, 1.54) is 0 Å². The van der Waals surface area contributed by atoms with E-state index < -0.39 is 0 Å². The first kappa shape index (κ1) is 8.27. The smallest absolute Gasteiger partial charge is 0.138 e. The van der Waals surface area contributed by atoms with Crippen LogP contribution in [0, 0.1) is 11.3 Å². The number of nitriles is 1. The highest BCUT2D eigenvalue weighted by Gasteiger charge is 2.27. The molecule has 0 spiro atoms. The molecule has 0 aliphatic heterocycles. The van der Waals surface area contributed by atoms with E-state index >= 15 is 0 Å². The summed E-state index contributed by atoms with van der Waals surface area (Å²) in [5.74, 6) is 0. The number of aromatic nitrogens is 2. The van der Waals surface area contributed by atoms with Crippen molar-refractivity contribution in [3.05, 3.63) is 18.0 Å². The third kappa shape index (κ3) is 1.31. The van der Waals surface area contributed by atoms with E-state index in [0.29, 0.717) is 5.69 Å². The Kier molecular flexibility index (Phi) is 2.03. The van der Waals surface area contributed by atoms with Crippen molar-refractivity contribution in [3.63, 3.8) is 0 Å². The lowest BCUT2D eigenvalue weighted by Crippen LogP contribution is -2.28. The molecule has 4 nitrogen and oxygen atoms in total. The Morgan fingerprint density at radius 3 is 3.08 bits per heavy atom. The number of nitrogens with zero attached hydrogens (tertiary/aromatic N) is 3. The summed E-state index contributed by atoms with van der Waals surface area (Å²) in [5.41, 5.74) is 6.54. The second-order valence-electron chi connectivity index (χ2n) is 3.43. The minimum Gasteiger partial charge on any atom is -0.326 e. The Balaban J connectivity index is 2.30. The Labute approximate surface area is 77.0 Å². The molecule has 13 heavy (non-hydrogen) atoms. The zero-order valence-corrected chi connectivity index (χ0v) is 7.35. The monoisotopic (exact) mass is 176 g/mol. The van der Waals surface area contributed by atoms with E-state index in [1.807, 2.05) is 0 Å². The van der Waals surface area contributed by atoms with E-state index in [-0.39, 0.29) is 12.1 Å². The minimum absolute atomic E-state index is 0.159. The Morgan fingerprint density at radius 2 is 2.46 bits per heavy atom. The van der Waals surface area contributed by atoms with E-state index in [0.717, 1.165) is 19.3 Å². The van der Waals surface area contributed by atoms with Crippen LogP contribution in [0.1, 0.15) is 31.0 Å². The van der Waals surface area contributed by atoms with Crippen LogP contribution < -0.4 is 5.73 Å². The molecule has 0 aromatic carbocycles. The molecule has 0 amide bonds. The number of hydrogen-bond donors (Lipinski definition) is 1. The number of nitrogens with two attached hydrogens (primary N) is 1. The van der Waals surface area contributed by atoms with Crippen LogP contribution in [0.4, 0.5) is 0 Å². The highest BCUT2D eigenvalue weighted by atomic mass is 15.3. The van der Waals surface area contributed by atoms with Gasteiger partial charge in [0.1, 0.15) is 11.8 Å². The third-order valence-corrected chi connectivity index (χ3v) is 2.63. The minimum atomic E-state index is 0.159. The molecule has 2 N–H and O–H groups in total. The van der Waals surface area contributed by atoms with Crippen molar-refractivity contribution in [2.75, 3.05) is 0 Å². The van der Waals surface area contributed by atoms with Crippen molar-refractivity contribution in [2.45, 2.75) is 31.3 Å². The predicted octanol–water partition coefficient (Wildman–Crippen LogP) is 0.807. The van der Waals surface area contributed by atoms with Gasteiger partial charge in [-0.2, -0.15) is 10.4 Å². The summed E-state index contributed by atoms with van der Waals surface area (Å²) >= 11 is 0. The molecule has 1 aromatic rings. The summed E-state index contributed by atoms with van der Waals surface area (Å²) in [6.45, 7) is 0. The lowest BCUT2D eigenvalue weighted by molar-refractivity contribution is 0.418. The van der Waals surface area contributed by atoms with Crippen molar-refractivity contribution in [1.82, 2.24) is 9.78 Å². The molecule has 2 unspecified atom stereocenters. The molecule has 2 rings (SSSR count). The number of rotatable bonds is 1. The highest BCUT2D eigenvalue weighted by molar-refractivity contribution is 5.19. The summed E-state index contributed by atoms with van der Waals surface area (Å²) in [7, 11) is 0. The molecule has 1 aliphatic carbocycles. The fourth-order valence-corrected chi connectivity index (χ4v) is 1.94. The van der Waals surface area contributed by atoms with E-state index in [9.17, 15) is 0 Å². The average Bonchev–Trinajstić information content (AvgIpc) is 2.71. The van der Waals surface area contributed by atoms with Crippen LogP contribution in [-0.4, -0.2) is 15.8 Å². The Hall–Kier alpha value is -1.34. The first-order chi connectivity index (χ1) is 6.33. The van der Waals surface area contributed by atoms with Gasteiger partial charge in [-0.1, -0.05) is 0 Å². The molecule has 0 saturated heterocycles. The SMILES string of the molecule is N#Cc1ccnn1C1CCCC1N. The van der Waals surface area contributed by atoms with Gasteiger partial charge < -0.3 is 5.73 Å². The predicted molar refractivity (Wildman–Crippen MR) is 47.8 cm³/mol. The molecule has 68 valence electrons. The van der Waals surface area contributed by atoms with Crippen LogP contribution in [0.3, 0.4) is 0 Å². The molecule has 2 atom stereocenters. The molecule has 1 heterocycles. The van der Waals surface area contributed by atoms with Gasteiger partial charge in [0.2, 0.25) is 0 Å². The van der Waals surface area contributed by atoms with Crippen molar-refractivity contribution in [3.8, 4) is 6.07 Å². The van der Waals surface area contributed by atoms with Crippen LogP contribution >= 0.6 is 0 Å². The van der Waals surface area contributed by atoms with Gasteiger partial charge in [-0.15, -0.1) is 0 Å². The zero-order chi connectivity index (χ0) is 9.26. The summed E-state index contributed by atoms with van der Waals surface area (Å²) in [6.07, 6.45) is 4.87. The number of hydrogen-bond acceptors (Lipinski definition) is 3. The van der Waals surface area contributed by atoms with Crippen LogP contribution in [0.25, 0.3) is 0 Å². The van der Waals surface area contributed by atoms with Crippen molar-refractivity contribution in [1.29, 1.82) is 5.26 Å². The summed E-state index contributed by atoms with van der Waals surface area (Å²) in [4.78, 5) is 0. The first-order valence-corrected chi connectivity index (χ1v) is 4.52. The molecule has 1 fully saturated rings. The van der Waals surface area contributed by atoms with Gasteiger partial charge in [0.05, 0.1) is 12.2 Å². The molecule has 1 aromatic heterocycles. The van der Waals surface area contributed by atoms with Gasteiger partial charge in [-0.05, 0) is 25.3 Å². The maximum atomic E-state index is 8.80. The molecular weight excluding hydrogens is 164 g/mol. The van der Waals surface area contributed by atoms with Crippen molar-refractivity contribution >= 4 is 0 Å². The van der Waals surface area contributed by atoms with Crippen molar-refractivity contribution < 1.29 is 0 Å². The van der Waals surface area contributed by atoms with Gasteiger partial charge >= 0.3 is 0 Å². The maximum absolute atomic E-state index is 8.80. The second kappa shape index (κ2) is 3.19. The standard InChI is InChI=1S/C9H12N4/c10-6-7-4-5-12-13(7)9-3-1-2-8(9)11/h4-5,8-9H,1-3,11H2. The molecular formula is C9H12N4. The van der Waals surface area contributed by atoms with Crippen molar-refractivity contribution in [2.24, 2.45) is 5.73 Å². The fourth-order valence-electron chi connectivity index (χ4n) is 1.94. The largest absolute Gasteiger partial charge is 0.326 e. The van der Waals surface area contributed by atoms with Crippen LogP contribution in [0.5, 0.6) is 0 Å². The summed E-state index contributed by atoms with van der Waals surface area (Å²) in [5, 5.41) is 12.9. The third-order valence-electron chi connectivity index (χ3n) is 2.63. The van der Waals surface area contributed by atoms with Gasteiger partial charge in [-0.25, -0.2) is 0 Å². The second-order valence-corrected chi connectivity index (χ2v) is 3.43. The summed E-state index contributed by atoms with van der Waals surface area (Å²) in [6, 6.07) is 4.23. The van der Waals surface area contributed by atoms with E-state index in [4.69, 9.17) is 11.0 Å². The van der Waals surface area contributed by atoms with E-state index in [2.05, 4.69) is 11.2 Å². The molecule has 0 bridgehead atoms. The summed E-state index contributed by atoms with van der Waals surface area (Å²) < 4.78 is 1.76. The van der Waals surface area contributed by atoms with Gasteiger partial charge in [-0.3, -0.25) is 4.68 Å². The molecule has 1 aliphatic rings. The highest BCUT2D eigenvalue weighted by Crippen LogP contribution is 2.28. The maximum Gasteiger partial charge on any atom is 0.138 e.